The van der Waals surface area contributed by atoms with Gasteiger partial charge in [-0.2, -0.15) is 0 Å². The highest BCUT2D eigenvalue weighted by Gasteiger charge is 2.18. The molecule has 0 aromatic heterocycles. The Hall–Kier alpha value is -1.96. The predicted octanol–water partition coefficient (Wildman–Crippen LogP) is 3.51. The molecule has 2 rings (SSSR count). The number of rotatable bonds is 4. The van der Waals surface area contributed by atoms with Crippen molar-refractivity contribution in [2.75, 3.05) is 12.4 Å². The first-order valence-electron chi connectivity index (χ1n) is 6.25. The fraction of sp³-hybridized carbons (Fsp3) is 0.0714. The molecule has 0 radical (unpaired) electrons. The summed E-state index contributed by atoms with van der Waals surface area (Å²) in [5, 5.41) is 3.12. The molecule has 9 heteroatoms. The van der Waals surface area contributed by atoms with Crippen molar-refractivity contribution in [3.05, 3.63) is 52.5 Å². The molecular formula is C14H12Cl2N2O4S. The number of methoxy groups -OCH3 is 1. The summed E-state index contributed by atoms with van der Waals surface area (Å²) in [6.07, 6.45) is 0. The molecule has 0 heterocycles. The normalized spacial score (nSPS) is 10.9. The van der Waals surface area contributed by atoms with Gasteiger partial charge in [0.05, 0.1) is 17.7 Å². The topological polar surface area (TPSA) is 84.5 Å². The zero-order chi connectivity index (χ0) is 17.0. The van der Waals surface area contributed by atoms with Crippen LogP contribution in [0, 0.1) is 0 Å². The van der Waals surface area contributed by atoms with Crippen LogP contribution in [0.1, 0.15) is 0 Å². The molecule has 6 nitrogen and oxygen atoms in total. The Labute approximate surface area is 143 Å². The number of sulfonamides is 1. The van der Waals surface area contributed by atoms with Gasteiger partial charge in [-0.3, -0.25) is 0 Å². The van der Waals surface area contributed by atoms with Gasteiger partial charge in [0.2, 0.25) is 0 Å². The number of nitrogens with one attached hydrogen (secondary N) is 2. The molecule has 0 aliphatic heterocycles. The Kier molecular flexibility index (Phi) is 5.35. The minimum atomic E-state index is -4.02. The van der Waals surface area contributed by atoms with Crippen LogP contribution in [-0.4, -0.2) is 21.6 Å². The van der Waals surface area contributed by atoms with E-state index in [1.807, 2.05) is 4.72 Å². The lowest BCUT2D eigenvalue weighted by molar-refractivity contribution is 0.256. The lowest BCUT2D eigenvalue weighted by Crippen LogP contribution is -2.34. The van der Waals surface area contributed by atoms with Gasteiger partial charge in [0, 0.05) is 10.0 Å². The summed E-state index contributed by atoms with van der Waals surface area (Å²) >= 11 is 11.5. The number of hydrogen-bond donors (Lipinski definition) is 2. The quantitative estimate of drug-likeness (QED) is 0.857. The van der Waals surface area contributed by atoms with E-state index in [4.69, 9.17) is 27.9 Å². The minimum absolute atomic E-state index is 0.0879. The highest BCUT2D eigenvalue weighted by atomic mass is 35.5. The smallest absolute Gasteiger partial charge is 0.333 e. The molecule has 122 valence electrons. The van der Waals surface area contributed by atoms with E-state index in [0.717, 1.165) is 0 Å². The van der Waals surface area contributed by atoms with E-state index in [0.29, 0.717) is 15.8 Å². The molecule has 2 aromatic carbocycles. The summed E-state index contributed by atoms with van der Waals surface area (Å²) in [6, 6.07) is 9.02. The SMILES string of the molecule is COc1ccc(Cl)cc1NC(=O)NS(=O)(=O)c1ccc(Cl)cc1. The van der Waals surface area contributed by atoms with Crippen molar-refractivity contribution in [3.63, 3.8) is 0 Å². The molecule has 2 N–H and O–H groups in total. The number of amides is 2. The average Bonchev–Trinajstić information content (AvgIpc) is 2.47. The highest BCUT2D eigenvalue weighted by Crippen LogP contribution is 2.27. The molecule has 0 bridgehead atoms. The number of carbonyl (C=O) groups is 1. The van der Waals surface area contributed by atoms with E-state index in [-0.39, 0.29) is 10.6 Å². The van der Waals surface area contributed by atoms with E-state index in [1.165, 1.54) is 37.4 Å². The molecule has 0 saturated heterocycles. The number of ether oxygens (including phenoxy) is 1. The van der Waals surface area contributed by atoms with Crippen molar-refractivity contribution in [1.82, 2.24) is 4.72 Å². The van der Waals surface area contributed by atoms with Crippen LogP contribution in [0.25, 0.3) is 0 Å². The van der Waals surface area contributed by atoms with Crippen molar-refractivity contribution < 1.29 is 17.9 Å². The van der Waals surface area contributed by atoms with Gasteiger partial charge in [0.15, 0.2) is 0 Å². The Morgan fingerprint density at radius 2 is 1.65 bits per heavy atom. The molecule has 0 saturated carbocycles. The molecule has 0 aliphatic rings. The van der Waals surface area contributed by atoms with Crippen molar-refractivity contribution in [3.8, 4) is 5.75 Å². The lowest BCUT2D eigenvalue weighted by atomic mass is 10.3. The van der Waals surface area contributed by atoms with E-state index in [2.05, 4.69) is 5.32 Å². The van der Waals surface area contributed by atoms with Crippen molar-refractivity contribution in [1.29, 1.82) is 0 Å². The Morgan fingerprint density at radius 3 is 2.26 bits per heavy atom. The summed E-state index contributed by atoms with van der Waals surface area (Å²) < 4.78 is 31.1. The van der Waals surface area contributed by atoms with Crippen LogP contribution in [0.3, 0.4) is 0 Å². The maximum absolute atomic E-state index is 12.1. The van der Waals surface area contributed by atoms with Crippen LogP contribution in [-0.2, 0) is 10.0 Å². The van der Waals surface area contributed by atoms with E-state index >= 15 is 0 Å². The monoisotopic (exact) mass is 374 g/mol. The van der Waals surface area contributed by atoms with Gasteiger partial charge in [-0.1, -0.05) is 23.2 Å². The van der Waals surface area contributed by atoms with Crippen LogP contribution < -0.4 is 14.8 Å². The summed E-state index contributed by atoms with van der Waals surface area (Å²) in [4.78, 5) is 11.8. The third-order valence-corrected chi connectivity index (χ3v) is 4.59. The molecule has 0 atom stereocenters. The second-order valence-electron chi connectivity index (χ2n) is 4.36. The first-order chi connectivity index (χ1) is 10.8. The highest BCUT2D eigenvalue weighted by molar-refractivity contribution is 7.90. The predicted molar refractivity (Wildman–Crippen MR) is 88.8 cm³/mol. The van der Waals surface area contributed by atoms with E-state index in [1.54, 1.807) is 12.1 Å². The van der Waals surface area contributed by atoms with E-state index < -0.39 is 16.1 Å². The van der Waals surface area contributed by atoms with Gasteiger partial charge < -0.3 is 10.1 Å². The van der Waals surface area contributed by atoms with Crippen LogP contribution in [0.2, 0.25) is 10.0 Å². The number of anilines is 1. The molecule has 0 fully saturated rings. The Bertz CT molecular complexity index is 823. The first-order valence-corrected chi connectivity index (χ1v) is 8.48. The van der Waals surface area contributed by atoms with Crippen LogP contribution in [0.5, 0.6) is 5.75 Å². The number of urea groups is 1. The maximum atomic E-state index is 12.1. The van der Waals surface area contributed by atoms with Crippen molar-refractivity contribution in [2.24, 2.45) is 0 Å². The lowest BCUT2D eigenvalue weighted by Gasteiger charge is -2.12. The zero-order valence-corrected chi connectivity index (χ0v) is 14.2. The third-order valence-electron chi connectivity index (χ3n) is 2.76. The number of hydrogen-bond acceptors (Lipinski definition) is 4. The fourth-order valence-corrected chi connectivity index (χ4v) is 2.93. The van der Waals surface area contributed by atoms with Gasteiger partial charge in [-0.15, -0.1) is 0 Å². The van der Waals surface area contributed by atoms with Crippen molar-refractivity contribution >= 4 is 44.9 Å². The van der Waals surface area contributed by atoms with Crippen molar-refractivity contribution in [2.45, 2.75) is 4.90 Å². The van der Waals surface area contributed by atoms with Gasteiger partial charge in [-0.05, 0) is 42.5 Å². The average molecular weight is 375 g/mol. The van der Waals surface area contributed by atoms with Crippen LogP contribution >= 0.6 is 23.2 Å². The number of carbonyl (C=O) groups excluding carboxylic acids is 1. The standard InChI is InChI=1S/C14H12Cl2N2O4S/c1-22-13-7-4-10(16)8-12(13)17-14(19)18-23(20,21)11-5-2-9(15)3-6-11/h2-8H,1H3,(H2,17,18,19). The van der Waals surface area contributed by atoms with Gasteiger partial charge in [-0.25, -0.2) is 17.9 Å². The molecular weight excluding hydrogens is 363 g/mol. The zero-order valence-electron chi connectivity index (χ0n) is 11.8. The molecule has 0 unspecified atom stereocenters. The molecule has 0 aliphatic carbocycles. The first kappa shape index (κ1) is 17.4. The second kappa shape index (κ2) is 7.08. The summed E-state index contributed by atoms with van der Waals surface area (Å²) in [6.45, 7) is 0. The summed E-state index contributed by atoms with van der Waals surface area (Å²) in [7, 11) is -2.61. The minimum Gasteiger partial charge on any atom is -0.495 e. The van der Waals surface area contributed by atoms with Gasteiger partial charge >= 0.3 is 6.03 Å². The van der Waals surface area contributed by atoms with Crippen LogP contribution in [0.15, 0.2) is 47.4 Å². The molecule has 0 spiro atoms. The third kappa shape index (κ3) is 4.51. The second-order valence-corrected chi connectivity index (χ2v) is 6.91. The summed E-state index contributed by atoms with van der Waals surface area (Å²) in [5.41, 5.74) is 0.240. The summed E-state index contributed by atoms with van der Waals surface area (Å²) in [5.74, 6) is 0.341. The number of halogens is 2. The van der Waals surface area contributed by atoms with Gasteiger partial charge in [0.1, 0.15) is 5.75 Å². The Balaban J connectivity index is 2.16. The maximum Gasteiger partial charge on any atom is 0.333 e. The number of benzene rings is 2. The van der Waals surface area contributed by atoms with Gasteiger partial charge in [0.25, 0.3) is 10.0 Å². The molecule has 2 aromatic rings. The molecule has 2 amide bonds. The Morgan fingerprint density at radius 1 is 1.04 bits per heavy atom. The fourth-order valence-electron chi connectivity index (χ4n) is 1.72. The van der Waals surface area contributed by atoms with E-state index in [9.17, 15) is 13.2 Å². The van der Waals surface area contributed by atoms with Crippen LogP contribution in [0.4, 0.5) is 10.5 Å². The largest absolute Gasteiger partial charge is 0.495 e. The molecule has 23 heavy (non-hydrogen) atoms.